The zero-order valence-electron chi connectivity index (χ0n) is 14.4. The molecule has 26 heavy (non-hydrogen) atoms. The van der Waals surface area contributed by atoms with Crippen molar-refractivity contribution in [3.8, 4) is 11.5 Å². The minimum absolute atomic E-state index is 0.194. The third kappa shape index (κ3) is 6.58. The van der Waals surface area contributed by atoms with Crippen LogP contribution in [0.15, 0.2) is 47.6 Å². The Balaban J connectivity index is 1.72. The highest BCUT2D eigenvalue weighted by Crippen LogP contribution is 2.27. The number of halogens is 2. The summed E-state index contributed by atoms with van der Waals surface area (Å²) in [5.41, 5.74) is 3.30. The van der Waals surface area contributed by atoms with Crippen molar-refractivity contribution in [1.82, 2.24) is 5.43 Å². The highest BCUT2D eigenvalue weighted by molar-refractivity contribution is 6.35. The number of nitrogens with one attached hydrogen (secondary N) is 1. The van der Waals surface area contributed by atoms with Gasteiger partial charge in [0.1, 0.15) is 11.5 Å². The molecule has 0 aliphatic rings. The van der Waals surface area contributed by atoms with Crippen molar-refractivity contribution in [3.05, 3.63) is 58.1 Å². The third-order valence-corrected chi connectivity index (χ3v) is 3.84. The van der Waals surface area contributed by atoms with E-state index in [2.05, 4.69) is 10.5 Å². The van der Waals surface area contributed by atoms with Crippen LogP contribution in [0.5, 0.6) is 11.5 Å². The number of rotatable bonds is 9. The van der Waals surface area contributed by atoms with Crippen LogP contribution in [0.2, 0.25) is 10.0 Å². The monoisotopic (exact) mass is 394 g/mol. The van der Waals surface area contributed by atoms with Gasteiger partial charge in [0.2, 0.25) is 5.91 Å². The van der Waals surface area contributed by atoms with Crippen LogP contribution in [0.3, 0.4) is 0 Å². The molecule has 2 aromatic rings. The fraction of sp³-hybridized carbons (Fsp3) is 0.263. The zero-order chi connectivity index (χ0) is 18.8. The Morgan fingerprint density at radius 3 is 2.73 bits per heavy atom. The molecule has 0 saturated heterocycles. The second-order valence-corrected chi connectivity index (χ2v) is 6.13. The Labute approximate surface area is 162 Å². The zero-order valence-corrected chi connectivity index (χ0v) is 15.9. The maximum atomic E-state index is 11.8. The third-order valence-electron chi connectivity index (χ3n) is 3.31. The lowest BCUT2D eigenvalue weighted by molar-refractivity contribution is -0.121. The summed E-state index contributed by atoms with van der Waals surface area (Å²) < 4.78 is 11.0. The van der Waals surface area contributed by atoms with E-state index in [1.54, 1.807) is 24.4 Å². The van der Waals surface area contributed by atoms with Crippen molar-refractivity contribution >= 4 is 35.3 Å². The number of carbonyl (C=O) groups excluding carboxylic acids is 1. The van der Waals surface area contributed by atoms with Crippen molar-refractivity contribution in [2.24, 2.45) is 5.10 Å². The number of nitrogens with zero attached hydrogens (tertiary/aromatic N) is 1. The Hall–Kier alpha value is -2.24. The molecule has 0 saturated carbocycles. The summed E-state index contributed by atoms with van der Waals surface area (Å²) in [6.45, 7) is 2.84. The van der Waals surface area contributed by atoms with Gasteiger partial charge in [-0.1, -0.05) is 35.3 Å². The minimum atomic E-state index is -0.194. The number of carbonyl (C=O) groups is 1. The van der Waals surface area contributed by atoms with Gasteiger partial charge in [-0.05, 0) is 43.7 Å². The Morgan fingerprint density at radius 2 is 1.96 bits per heavy atom. The molecule has 0 radical (unpaired) electrons. The van der Waals surface area contributed by atoms with Gasteiger partial charge in [-0.2, -0.15) is 5.10 Å². The molecule has 0 heterocycles. The summed E-state index contributed by atoms with van der Waals surface area (Å²) >= 11 is 11.8. The Morgan fingerprint density at radius 1 is 1.15 bits per heavy atom. The molecular formula is C19H20Cl2N2O3. The minimum Gasteiger partial charge on any atom is -0.493 e. The summed E-state index contributed by atoms with van der Waals surface area (Å²) in [6, 6.07) is 12.5. The first-order valence-electron chi connectivity index (χ1n) is 8.21. The van der Waals surface area contributed by atoms with E-state index < -0.39 is 0 Å². The second kappa shape index (κ2) is 10.7. The van der Waals surface area contributed by atoms with Crippen molar-refractivity contribution in [2.75, 3.05) is 13.2 Å². The molecule has 0 bridgehead atoms. The summed E-state index contributed by atoms with van der Waals surface area (Å²) in [5, 5.41) is 4.95. The predicted octanol–water partition coefficient (Wildman–Crippen LogP) is 4.70. The standard InChI is InChI=1S/C19H20Cl2N2O3/c1-2-25-17-7-4-3-6-14(17)13-22-23-19(24)8-5-11-26-18-10-9-15(20)12-16(18)21/h3-4,6-7,9-10,12-13H,2,5,8,11H2,1H3,(H,23,24). The number of amides is 1. The largest absolute Gasteiger partial charge is 0.493 e. The number of para-hydroxylation sites is 1. The smallest absolute Gasteiger partial charge is 0.240 e. The van der Waals surface area contributed by atoms with Crippen molar-refractivity contribution < 1.29 is 14.3 Å². The van der Waals surface area contributed by atoms with Gasteiger partial charge >= 0.3 is 0 Å². The van der Waals surface area contributed by atoms with E-state index in [4.69, 9.17) is 32.7 Å². The van der Waals surface area contributed by atoms with E-state index in [1.165, 1.54) is 0 Å². The van der Waals surface area contributed by atoms with Crippen LogP contribution in [0.1, 0.15) is 25.3 Å². The van der Waals surface area contributed by atoms with Gasteiger partial charge in [0, 0.05) is 17.0 Å². The first-order chi connectivity index (χ1) is 12.6. The summed E-state index contributed by atoms with van der Waals surface area (Å²) in [5.74, 6) is 1.07. The predicted molar refractivity (Wildman–Crippen MR) is 105 cm³/mol. The number of hydrazone groups is 1. The lowest BCUT2D eigenvalue weighted by atomic mass is 10.2. The van der Waals surface area contributed by atoms with E-state index in [9.17, 15) is 4.79 Å². The lowest BCUT2D eigenvalue weighted by Gasteiger charge is -2.08. The molecule has 1 amide bonds. The molecule has 2 rings (SSSR count). The van der Waals surface area contributed by atoms with Gasteiger partial charge in [0.15, 0.2) is 0 Å². The molecule has 1 N–H and O–H groups in total. The molecule has 0 unspecified atom stereocenters. The molecule has 0 atom stereocenters. The molecule has 7 heteroatoms. The Kier molecular flexibility index (Phi) is 8.25. The highest BCUT2D eigenvalue weighted by Gasteiger charge is 2.04. The van der Waals surface area contributed by atoms with Gasteiger partial charge < -0.3 is 9.47 Å². The number of hydrogen-bond donors (Lipinski definition) is 1. The molecule has 0 fully saturated rings. The average molecular weight is 395 g/mol. The lowest BCUT2D eigenvalue weighted by Crippen LogP contribution is -2.18. The van der Waals surface area contributed by atoms with E-state index in [-0.39, 0.29) is 12.3 Å². The normalized spacial score (nSPS) is 10.7. The molecule has 138 valence electrons. The van der Waals surface area contributed by atoms with E-state index in [0.717, 1.165) is 11.3 Å². The molecule has 0 aromatic heterocycles. The van der Waals surface area contributed by atoms with Crippen LogP contribution in [-0.2, 0) is 4.79 Å². The van der Waals surface area contributed by atoms with Crippen molar-refractivity contribution in [1.29, 1.82) is 0 Å². The first-order valence-corrected chi connectivity index (χ1v) is 8.97. The van der Waals surface area contributed by atoms with Crippen LogP contribution in [0.25, 0.3) is 0 Å². The Bertz CT molecular complexity index is 766. The first kappa shape index (κ1) is 20.1. The summed E-state index contributed by atoms with van der Waals surface area (Å²) in [7, 11) is 0. The van der Waals surface area contributed by atoms with E-state index in [0.29, 0.717) is 35.4 Å². The van der Waals surface area contributed by atoms with Crippen LogP contribution in [-0.4, -0.2) is 25.3 Å². The SMILES string of the molecule is CCOc1ccccc1C=NNC(=O)CCCOc1ccc(Cl)cc1Cl. The topological polar surface area (TPSA) is 59.9 Å². The average Bonchev–Trinajstić information content (AvgIpc) is 2.62. The maximum absolute atomic E-state index is 11.8. The van der Waals surface area contributed by atoms with Crippen LogP contribution >= 0.6 is 23.2 Å². The summed E-state index contributed by atoms with van der Waals surface area (Å²) in [6.07, 6.45) is 2.39. The number of ether oxygens (including phenoxy) is 2. The van der Waals surface area contributed by atoms with Crippen LogP contribution in [0, 0.1) is 0 Å². The molecule has 0 aliphatic heterocycles. The van der Waals surface area contributed by atoms with Gasteiger partial charge in [-0.15, -0.1) is 0 Å². The van der Waals surface area contributed by atoms with E-state index >= 15 is 0 Å². The van der Waals surface area contributed by atoms with E-state index in [1.807, 2.05) is 31.2 Å². The second-order valence-electron chi connectivity index (χ2n) is 5.29. The van der Waals surface area contributed by atoms with Gasteiger partial charge in [-0.25, -0.2) is 5.43 Å². The number of hydrogen-bond acceptors (Lipinski definition) is 4. The van der Waals surface area contributed by atoms with Crippen molar-refractivity contribution in [3.63, 3.8) is 0 Å². The van der Waals surface area contributed by atoms with Crippen molar-refractivity contribution in [2.45, 2.75) is 19.8 Å². The quantitative estimate of drug-likeness (QED) is 0.380. The van der Waals surface area contributed by atoms with Gasteiger partial charge in [-0.3, -0.25) is 4.79 Å². The van der Waals surface area contributed by atoms with Gasteiger partial charge in [0.25, 0.3) is 0 Å². The fourth-order valence-electron chi connectivity index (χ4n) is 2.11. The van der Waals surface area contributed by atoms with Crippen LogP contribution < -0.4 is 14.9 Å². The maximum Gasteiger partial charge on any atom is 0.240 e. The molecule has 5 nitrogen and oxygen atoms in total. The summed E-state index contributed by atoms with van der Waals surface area (Å²) in [4.78, 5) is 11.8. The van der Waals surface area contributed by atoms with Crippen LogP contribution in [0.4, 0.5) is 0 Å². The van der Waals surface area contributed by atoms with Gasteiger partial charge in [0.05, 0.1) is 24.5 Å². The molecule has 2 aromatic carbocycles. The fourth-order valence-corrected chi connectivity index (χ4v) is 2.57. The molecular weight excluding hydrogens is 375 g/mol. The number of benzene rings is 2. The molecule has 0 spiro atoms. The highest BCUT2D eigenvalue weighted by atomic mass is 35.5. The molecule has 0 aliphatic carbocycles.